The van der Waals surface area contributed by atoms with E-state index in [1.165, 1.54) is 6.20 Å². The third-order valence-electron chi connectivity index (χ3n) is 3.01. The molecule has 116 valence electrons. The molecule has 21 heavy (non-hydrogen) atoms. The molecule has 2 aromatic rings. The van der Waals surface area contributed by atoms with Crippen molar-refractivity contribution in [1.29, 1.82) is 0 Å². The maximum absolute atomic E-state index is 12.1. The van der Waals surface area contributed by atoms with Gasteiger partial charge >= 0.3 is 0 Å². The number of H-pyrrole nitrogens is 1. The Hall–Kier alpha value is -1.64. The second-order valence-electron chi connectivity index (χ2n) is 4.66. The number of hydrogen-bond acceptors (Lipinski definition) is 4. The average Bonchev–Trinajstić information content (AvgIpc) is 3.13. The summed E-state index contributed by atoms with van der Waals surface area (Å²) in [5.41, 5.74) is 0.855. The first-order valence-electron chi connectivity index (χ1n) is 6.97. The Kier molecular flexibility index (Phi) is 5.54. The van der Waals surface area contributed by atoms with Crippen LogP contribution in [-0.2, 0) is 23.1 Å². The van der Waals surface area contributed by atoms with Gasteiger partial charge in [-0.1, -0.05) is 6.92 Å². The van der Waals surface area contributed by atoms with Gasteiger partial charge in [0.2, 0.25) is 10.0 Å². The predicted octanol–water partition coefficient (Wildman–Crippen LogP) is 0.689. The molecule has 0 aliphatic carbocycles. The van der Waals surface area contributed by atoms with Gasteiger partial charge in [-0.25, -0.2) is 13.1 Å². The van der Waals surface area contributed by atoms with Crippen molar-refractivity contribution in [3.63, 3.8) is 0 Å². The van der Waals surface area contributed by atoms with Crippen molar-refractivity contribution in [1.82, 2.24) is 24.8 Å². The van der Waals surface area contributed by atoms with Gasteiger partial charge in [-0.3, -0.25) is 4.68 Å². The molecule has 0 saturated heterocycles. The van der Waals surface area contributed by atoms with Crippen molar-refractivity contribution in [3.05, 3.63) is 36.4 Å². The normalized spacial score (nSPS) is 11.9. The molecular formula is C13H21N5O2S. The molecule has 7 nitrogen and oxygen atoms in total. The minimum Gasteiger partial charge on any atom is -0.363 e. The zero-order valence-electron chi connectivity index (χ0n) is 12.0. The number of aryl methyl sites for hydroxylation is 1. The molecule has 0 spiro atoms. The maximum atomic E-state index is 12.1. The van der Waals surface area contributed by atoms with Crippen LogP contribution in [0.15, 0.2) is 35.6 Å². The van der Waals surface area contributed by atoms with Gasteiger partial charge in [0, 0.05) is 43.9 Å². The number of rotatable bonds is 9. The predicted molar refractivity (Wildman–Crippen MR) is 80.2 cm³/mol. The third kappa shape index (κ3) is 4.69. The molecule has 0 unspecified atom stereocenters. The smallest absolute Gasteiger partial charge is 0.242 e. The van der Waals surface area contributed by atoms with E-state index in [9.17, 15) is 8.42 Å². The third-order valence-corrected chi connectivity index (χ3v) is 4.45. The summed E-state index contributed by atoms with van der Waals surface area (Å²) in [6, 6.07) is 3.49. The molecule has 2 aromatic heterocycles. The molecule has 0 aliphatic rings. The summed E-state index contributed by atoms with van der Waals surface area (Å²) in [6.45, 7) is 4.55. The van der Waals surface area contributed by atoms with E-state index in [4.69, 9.17) is 0 Å². The highest BCUT2D eigenvalue weighted by Gasteiger charge is 2.15. The van der Waals surface area contributed by atoms with Gasteiger partial charge in [-0.05, 0) is 25.1 Å². The molecule has 0 bridgehead atoms. The zero-order valence-corrected chi connectivity index (χ0v) is 12.9. The summed E-state index contributed by atoms with van der Waals surface area (Å²) in [5, 5.41) is 7.21. The monoisotopic (exact) mass is 311 g/mol. The average molecular weight is 311 g/mol. The van der Waals surface area contributed by atoms with Gasteiger partial charge in [0.1, 0.15) is 0 Å². The molecule has 0 fully saturated rings. The number of sulfonamides is 1. The Morgan fingerprint density at radius 2 is 2.29 bits per heavy atom. The van der Waals surface area contributed by atoms with Crippen LogP contribution in [0.1, 0.15) is 19.0 Å². The Bertz CT molecular complexity index is 633. The number of nitrogens with one attached hydrogen (secondary N) is 3. The lowest BCUT2D eigenvalue weighted by atomic mass is 10.4. The molecule has 0 saturated carbocycles. The van der Waals surface area contributed by atoms with Gasteiger partial charge in [0.15, 0.2) is 0 Å². The van der Waals surface area contributed by atoms with Gasteiger partial charge in [-0.2, -0.15) is 5.10 Å². The molecule has 3 N–H and O–H groups in total. The highest BCUT2D eigenvalue weighted by atomic mass is 32.2. The summed E-state index contributed by atoms with van der Waals surface area (Å²) in [6.07, 6.45) is 5.77. The fourth-order valence-electron chi connectivity index (χ4n) is 1.90. The van der Waals surface area contributed by atoms with E-state index in [1.54, 1.807) is 16.9 Å². The zero-order chi connectivity index (χ0) is 15.1. The van der Waals surface area contributed by atoms with Crippen LogP contribution in [0.4, 0.5) is 0 Å². The van der Waals surface area contributed by atoms with Crippen molar-refractivity contribution >= 4 is 10.0 Å². The van der Waals surface area contributed by atoms with Crippen molar-refractivity contribution in [2.45, 2.75) is 31.3 Å². The SMILES string of the molecule is CCNCc1cc(S(=O)(=O)NCCCn2cccn2)c[nH]1. The summed E-state index contributed by atoms with van der Waals surface area (Å²) < 4.78 is 28.6. The first kappa shape index (κ1) is 15.7. The molecule has 0 aromatic carbocycles. The van der Waals surface area contributed by atoms with E-state index >= 15 is 0 Å². The lowest BCUT2D eigenvalue weighted by Crippen LogP contribution is -2.25. The van der Waals surface area contributed by atoms with Crippen LogP contribution in [0, 0.1) is 0 Å². The molecule has 2 rings (SSSR count). The molecule has 0 atom stereocenters. The van der Waals surface area contributed by atoms with Crippen molar-refractivity contribution in [2.75, 3.05) is 13.1 Å². The Balaban J connectivity index is 1.82. The lowest BCUT2D eigenvalue weighted by molar-refractivity contribution is 0.553. The fourth-order valence-corrected chi connectivity index (χ4v) is 2.99. The van der Waals surface area contributed by atoms with Gasteiger partial charge < -0.3 is 10.3 Å². The van der Waals surface area contributed by atoms with E-state index in [0.29, 0.717) is 26.1 Å². The number of hydrogen-bond donors (Lipinski definition) is 3. The lowest BCUT2D eigenvalue weighted by Gasteiger charge is -2.05. The van der Waals surface area contributed by atoms with Crippen molar-refractivity contribution < 1.29 is 8.42 Å². The summed E-state index contributed by atoms with van der Waals surface area (Å²) in [4.78, 5) is 3.24. The number of nitrogens with zero attached hydrogens (tertiary/aromatic N) is 2. The quantitative estimate of drug-likeness (QED) is 0.594. The number of aromatic nitrogens is 3. The second kappa shape index (κ2) is 7.39. The summed E-state index contributed by atoms with van der Waals surface area (Å²) in [5.74, 6) is 0. The summed E-state index contributed by atoms with van der Waals surface area (Å²) >= 11 is 0. The second-order valence-corrected chi connectivity index (χ2v) is 6.43. The largest absolute Gasteiger partial charge is 0.363 e. The Morgan fingerprint density at radius 1 is 1.43 bits per heavy atom. The van der Waals surface area contributed by atoms with Gasteiger partial charge in [0.05, 0.1) is 4.90 Å². The van der Waals surface area contributed by atoms with Crippen LogP contribution in [0.3, 0.4) is 0 Å². The highest BCUT2D eigenvalue weighted by Crippen LogP contribution is 2.10. The van der Waals surface area contributed by atoms with Crippen molar-refractivity contribution in [2.24, 2.45) is 0 Å². The minimum absolute atomic E-state index is 0.273. The molecule has 0 amide bonds. The molecule has 0 aliphatic heterocycles. The molecular weight excluding hydrogens is 290 g/mol. The van der Waals surface area contributed by atoms with Crippen LogP contribution >= 0.6 is 0 Å². The number of aromatic amines is 1. The van der Waals surface area contributed by atoms with E-state index in [1.807, 2.05) is 19.2 Å². The molecule has 0 radical (unpaired) electrons. The van der Waals surface area contributed by atoms with Gasteiger partial charge in [-0.15, -0.1) is 0 Å². The highest BCUT2D eigenvalue weighted by molar-refractivity contribution is 7.89. The first-order chi connectivity index (χ1) is 10.1. The first-order valence-corrected chi connectivity index (χ1v) is 8.45. The standard InChI is InChI=1S/C13H21N5O2S/c1-2-14-10-12-9-13(11-15-12)21(19,20)17-6-4-8-18-7-3-5-16-18/h3,5,7,9,11,14-15,17H,2,4,6,8,10H2,1H3. The van der Waals surface area contributed by atoms with E-state index < -0.39 is 10.0 Å². The summed E-state index contributed by atoms with van der Waals surface area (Å²) in [7, 11) is -3.44. The maximum Gasteiger partial charge on any atom is 0.242 e. The molecule has 8 heteroatoms. The van der Waals surface area contributed by atoms with Gasteiger partial charge in [0.25, 0.3) is 0 Å². The van der Waals surface area contributed by atoms with Crippen LogP contribution < -0.4 is 10.0 Å². The van der Waals surface area contributed by atoms with Crippen LogP contribution in [0.25, 0.3) is 0 Å². The Morgan fingerprint density at radius 3 is 3.00 bits per heavy atom. The molecule has 2 heterocycles. The van der Waals surface area contributed by atoms with Crippen molar-refractivity contribution in [3.8, 4) is 0 Å². The van der Waals surface area contributed by atoms with Crippen LogP contribution in [0.5, 0.6) is 0 Å². The minimum atomic E-state index is -3.44. The fraction of sp³-hybridized carbons (Fsp3) is 0.462. The Labute approximate surface area is 124 Å². The van der Waals surface area contributed by atoms with Crippen LogP contribution in [0.2, 0.25) is 0 Å². The van der Waals surface area contributed by atoms with E-state index in [2.05, 4.69) is 20.1 Å². The van der Waals surface area contributed by atoms with Crippen LogP contribution in [-0.4, -0.2) is 36.3 Å². The van der Waals surface area contributed by atoms with E-state index in [-0.39, 0.29) is 4.90 Å². The van der Waals surface area contributed by atoms with E-state index in [0.717, 1.165) is 12.2 Å². The topological polar surface area (TPSA) is 91.8 Å².